The summed E-state index contributed by atoms with van der Waals surface area (Å²) >= 11 is 0. The fourth-order valence-electron chi connectivity index (χ4n) is 2.64. The molecule has 0 unspecified atom stereocenters. The third kappa shape index (κ3) is 2.69. The van der Waals surface area contributed by atoms with Crippen molar-refractivity contribution in [1.29, 1.82) is 0 Å². The largest absolute Gasteiger partial charge is 0.384 e. The number of pyridine rings is 1. The maximum Gasteiger partial charge on any atom is 0.125 e. The van der Waals surface area contributed by atoms with Crippen LogP contribution in [-0.4, -0.2) is 36.1 Å². The number of nitrogens with one attached hydrogen (secondary N) is 1. The van der Waals surface area contributed by atoms with Gasteiger partial charge < -0.3 is 16.0 Å². The van der Waals surface area contributed by atoms with E-state index in [1.54, 1.807) is 6.20 Å². The van der Waals surface area contributed by atoms with Crippen LogP contribution >= 0.6 is 0 Å². The van der Waals surface area contributed by atoms with Crippen LogP contribution in [0.1, 0.15) is 25.7 Å². The van der Waals surface area contributed by atoms with E-state index >= 15 is 0 Å². The topological polar surface area (TPSA) is 54.2 Å². The second kappa shape index (κ2) is 4.92. The van der Waals surface area contributed by atoms with Gasteiger partial charge in [-0.2, -0.15) is 0 Å². The fraction of sp³-hybridized carbons (Fsp3) is 0.615. The molecule has 1 saturated carbocycles. The van der Waals surface area contributed by atoms with E-state index in [0.29, 0.717) is 11.4 Å². The first kappa shape index (κ1) is 12.2. The Morgan fingerprint density at radius 2 is 2.12 bits per heavy atom. The monoisotopic (exact) mass is 234 g/mol. The van der Waals surface area contributed by atoms with Gasteiger partial charge in [-0.05, 0) is 33.0 Å². The average molecular weight is 234 g/mol. The number of aromatic nitrogens is 1. The number of rotatable bonds is 4. The smallest absolute Gasteiger partial charge is 0.125 e. The highest BCUT2D eigenvalue weighted by molar-refractivity contribution is 5.49. The lowest BCUT2D eigenvalue weighted by Gasteiger charge is -2.36. The van der Waals surface area contributed by atoms with Crippen LogP contribution in [-0.2, 0) is 0 Å². The molecule has 17 heavy (non-hydrogen) atoms. The molecule has 1 aromatic heterocycles. The van der Waals surface area contributed by atoms with Gasteiger partial charge >= 0.3 is 0 Å². The summed E-state index contributed by atoms with van der Waals surface area (Å²) in [6.45, 7) is 0.976. The molecule has 2 rings (SSSR count). The Morgan fingerprint density at radius 1 is 1.41 bits per heavy atom. The quantitative estimate of drug-likeness (QED) is 0.836. The lowest BCUT2D eigenvalue weighted by molar-refractivity contribution is 0.172. The summed E-state index contributed by atoms with van der Waals surface area (Å²) in [6, 6.07) is 3.85. The Morgan fingerprint density at radius 3 is 2.71 bits per heavy atom. The lowest BCUT2D eigenvalue weighted by atomic mass is 9.96. The molecule has 1 fully saturated rings. The molecule has 0 amide bonds. The number of likely N-dealkylation sites (N-methyl/N-ethyl adjacent to an activating group) is 1. The molecule has 0 aromatic carbocycles. The zero-order valence-corrected chi connectivity index (χ0v) is 10.7. The molecule has 4 nitrogen and oxygen atoms in total. The van der Waals surface area contributed by atoms with Crippen molar-refractivity contribution >= 4 is 11.5 Å². The van der Waals surface area contributed by atoms with Crippen molar-refractivity contribution in [2.75, 3.05) is 31.7 Å². The Labute approximate surface area is 103 Å². The molecule has 0 saturated heterocycles. The van der Waals surface area contributed by atoms with Gasteiger partial charge in [-0.25, -0.2) is 4.98 Å². The number of anilines is 2. The first-order valence-corrected chi connectivity index (χ1v) is 6.25. The zero-order chi connectivity index (χ0) is 12.3. The maximum atomic E-state index is 5.67. The van der Waals surface area contributed by atoms with Gasteiger partial charge in [0, 0.05) is 30.0 Å². The highest BCUT2D eigenvalue weighted by Crippen LogP contribution is 2.33. The van der Waals surface area contributed by atoms with Crippen molar-refractivity contribution in [3.63, 3.8) is 0 Å². The second-order valence-corrected chi connectivity index (χ2v) is 5.15. The molecule has 4 heteroatoms. The summed E-state index contributed by atoms with van der Waals surface area (Å²) in [5, 5.41) is 3.49. The summed E-state index contributed by atoms with van der Waals surface area (Å²) in [4.78, 5) is 6.36. The van der Waals surface area contributed by atoms with Gasteiger partial charge in [0.15, 0.2) is 0 Å². The molecule has 0 atom stereocenters. The molecule has 1 aliphatic rings. The van der Waals surface area contributed by atoms with Crippen molar-refractivity contribution in [2.45, 2.75) is 31.2 Å². The highest BCUT2D eigenvalue weighted by atomic mass is 15.2. The van der Waals surface area contributed by atoms with Crippen molar-refractivity contribution in [3.8, 4) is 0 Å². The molecule has 0 bridgehead atoms. The Hall–Kier alpha value is -1.29. The van der Waals surface area contributed by atoms with Crippen LogP contribution in [0.5, 0.6) is 0 Å². The van der Waals surface area contributed by atoms with Gasteiger partial charge in [0.1, 0.15) is 5.82 Å². The van der Waals surface area contributed by atoms with E-state index in [1.807, 2.05) is 12.1 Å². The number of hydrogen-bond acceptors (Lipinski definition) is 4. The summed E-state index contributed by atoms with van der Waals surface area (Å²) in [5.41, 5.74) is 7.04. The van der Waals surface area contributed by atoms with Crippen molar-refractivity contribution in [3.05, 3.63) is 18.3 Å². The van der Waals surface area contributed by atoms with Gasteiger partial charge in [0.05, 0.1) is 0 Å². The van der Waals surface area contributed by atoms with Gasteiger partial charge in [0.25, 0.3) is 0 Å². The molecule has 0 radical (unpaired) electrons. The summed E-state index contributed by atoms with van der Waals surface area (Å²) in [5.74, 6) is 0.570. The summed E-state index contributed by atoms with van der Waals surface area (Å²) in [7, 11) is 4.35. The Bertz CT molecular complexity index is 369. The number of hydrogen-bond donors (Lipinski definition) is 2. The normalized spacial score (nSPS) is 18.5. The van der Waals surface area contributed by atoms with Crippen LogP contribution in [0.2, 0.25) is 0 Å². The van der Waals surface area contributed by atoms with Crippen LogP contribution < -0.4 is 11.1 Å². The molecule has 3 N–H and O–H groups in total. The van der Waals surface area contributed by atoms with Crippen molar-refractivity contribution in [1.82, 2.24) is 9.88 Å². The van der Waals surface area contributed by atoms with Gasteiger partial charge in [-0.15, -0.1) is 0 Å². The Kier molecular flexibility index (Phi) is 3.52. The van der Waals surface area contributed by atoms with Gasteiger partial charge in [-0.1, -0.05) is 12.8 Å². The van der Waals surface area contributed by atoms with E-state index in [2.05, 4.69) is 29.3 Å². The lowest BCUT2D eigenvalue weighted by Crippen LogP contribution is -2.47. The third-order valence-electron chi connectivity index (χ3n) is 3.89. The predicted octanol–water partition coefficient (Wildman–Crippen LogP) is 1.95. The zero-order valence-electron chi connectivity index (χ0n) is 10.7. The molecular weight excluding hydrogens is 212 g/mol. The molecule has 94 valence electrons. The SMILES string of the molecule is CN(C)C1(CNc2ccnc(N)c2)CCCC1. The van der Waals surface area contributed by atoms with Crippen LogP contribution in [0.3, 0.4) is 0 Å². The first-order chi connectivity index (χ1) is 8.12. The van der Waals surface area contributed by atoms with Gasteiger partial charge in [0.2, 0.25) is 0 Å². The minimum Gasteiger partial charge on any atom is -0.384 e. The first-order valence-electron chi connectivity index (χ1n) is 6.25. The van der Waals surface area contributed by atoms with Gasteiger partial charge in [-0.3, -0.25) is 0 Å². The predicted molar refractivity (Wildman–Crippen MR) is 72.0 cm³/mol. The van der Waals surface area contributed by atoms with Crippen molar-refractivity contribution in [2.24, 2.45) is 0 Å². The number of nitrogens with two attached hydrogens (primary N) is 1. The van der Waals surface area contributed by atoms with E-state index < -0.39 is 0 Å². The van der Waals surface area contributed by atoms with E-state index in [0.717, 1.165) is 12.2 Å². The third-order valence-corrected chi connectivity index (χ3v) is 3.89. The van der Waals surface area contributed by atoms with E-state index in [4.69, 9.17) is 5.73 Å². The summed E-state index contributed by atoms with van der Waals surface area (Å²) < 4.78 is 0. The van der Waals surface area contributed by atoms with Crippen LogP contribution in [0.4, 0.5) is 11.5 Å². The summed E-state index contributed by atoms with van der Waals surface area (Å²) in [6.07, 6.45) is 6.95. The second-order valence-electron chi connectivity index (χ2n) is 5.15. The minimum absolute atomic E-state index is 0.304. The number of nitrogens with zero attached hydrogens (tertiary/aromatic N) is 2. The average Bonchev–Trinajstić information content (AvgIpc) is 2.76. The minimum atomic E-state index is 0.304. The molecule has 0 aliphatic heterocycles. The fourth-order valence-corrected chi connectivity index (χ4v) is 2.64. The van der Waals surface area contributed by atoms with Crippen LogP contribution in [0.15, 0.2) is 18.3 Å². The number of nitrogen functional groups attached to an aromatic ring is 1. The van der Waals surface area contributed by atoms with Crippen LogP contribution in [0.25, 0.3) is 0 Å². The molecule has 0 spiro atoms. The highest BCUT2D eigenvalue weighted by Gasteiger charge is 2.35. The molecule has 1 aliphatic carbocycles. The van der Waals surface area contributed by atoms with E-state index in [-0.39, 0.29) is 0 Å². The molecule has 1 heterocycles. The van der Waals surface area contributed by atoms with Crippen molar-refractivity contribution < 1.29 is 0 Å². The van der Waals surface area contributed by atoms with E-state index in [9.17, 15) is 0 Å². The molecule has 1 aromatic rings. The van der Waals surface area contributed by atoms with E-state index in [1.165, 1.54) is 25.7 Å². The Balaban J connectivity index is 2.01. The van der Waals surface area contributed by atoms with Crippen LogP contribution in [0, 0.1) is 0 Å². The maximum absolute atomic E-state index is 5.67. The standard InChI is InChI=1S/C13H22N4/c1-17(2)13(6-3-4-7-13)10-16-11-5-8-15-12(14)9-11/h5,8-9H,3-4,6-7,10H2,1-2H3,(H3,14,15,16). The molecular formula is C13H22N4.